The maximum absolute atomic E-state index is 11.4. The van der Waals surface area contributed by atoms with Crippen LogP contribution in [0.15, 0.2) is 17.5 Å². The van der Waals surface area contributed by atoms with E-state index in [1.165, 1.54) is 18.4 Å². The zero-order chi connectivity index (χ0) is 14.1. The average Bonchev–Trinajstić information content (AvgIpc) is 2.90. The highest BCUT2D eigenvalue weighted by molar-refractivity contribution is 7.11. The lowest BCUT2D eigenvalue weighted by molar-refractivity contribution is -0.123. The molecule has 7 nitrogen and oxygen atoms in total. The molecule has 0 saturated carbocycles. The molecular formula is C11H14N2O5S. The molecule has 0 radical (unpaired) electrons. The first kappa shape index (κ1) is 15.1. The number of nitrogens with one attached hydrogen (secondary N) is 2. The van der Waals surface area contributed by atoms with Crippen LogP contribution in [0.25, 0.3) is 0 Å². The third kappa shape index (κ3) is 5.98. The molecule has 3 amide bonds. The highest BCUT2D eigenvalue weighted by Crippen LogP contribution is 2.09. The Bertz CT molecular complexity index is 432. The molecule has 0 aliphatic heterocycles. The Kier molecular flexibility index (Phi) is 6.55. The molecule has 0 unspecified atom stereocenters. The molecule has 1 heterocycles. The third-order valence-corrected chi connectivity index (χ3v) is 2.75. The second-order valence-corrected chi connectivity index (χ2v) is 4.30. The van der Waals surface area contributed by atoms with Crippen LogP contribution < -0.4 is 10.6 Å². The summed E-state index contributed by atoms with van der Waals surface area (Å²) in [6.07, 6.45) is 0. The molecule has 1 rings (SSSR count). The molecule has 0 fully saturated rings. The van der Waals surface area contributed by atoms with Crippen molar-refractivity contribution in [2.24, 2.45) is 0 Å². The van der Waals surface area contributed by atoms with Crippen molar-refractivity contribution in [2.45, 2.75) is 0 Å². The number of thiophene rings is 1. The molecule has 8 heteroatoms. The minimum atomic E-state index is -0.695. The fourth-order valence-electron chi connectivity index (χ4n) is 1.07. The van der Waals surface area contributed by atoms with Gasteiger partial charge in [-0.2, -0.15) is 0 Å². The first-order chi connectivity index (χ1) is 9.13. The molecule has 19 heavy (non-hydrogen) atoms. The molecule has 0 bridgehead atoms. The van der Waals surface area contributed by atoms with Gasteiger partial charge in [-0.1, -0.05) is 6.07 Å². The molecule has 0 atom stereocenters. The maximum atomic E-state index is 11.4. The fourth-order valence-corrected chi connectivity index (χ4v) is 1.69. The van der Waals surface area contributed by atoms with E-state index in [2.05, 4.69) is 5.32 Å². The van der Waals surface area contributed by atoms with Crippen LogP contribution in [0.1, 0.15) is 9.67 Å². The minimum absolute atomic E-state index is 0.282. The van der Waals surface area contributed by atoms with Crippen molar-refractivity contribution in [3.05, 3.63) is 22.4 Å². The highest BCUT2D eigenvalue weighted by atomic mass is 32.1. The van der Waals surface area contributed by atoms with E-state index >= 15 is 0 Å². The van der Waals surface area contributed by atoms with Crippen LogP contribution in [0.2, 0.25) is 0 Å². The van der Waals surface area contributed by atoms with Crippen LogP contribution in [-0.4, -0.2) is 44.8 Å². The van der Waals surface area contributed by atoms with Gasteiger partial charge in [-0.25, -0.2) is 9.59 Å². The van der Waals surface area contributed by atoms with Crippen LogP contribution in [0.5, 0.6) is 0 Å². The van der Waals surface area contributed by atoms with Crippen LogP contribution in [0.4, 0.5) is 4.79 Å². The second-order valence-electron chi connectivity index (χ2n) is 3.35. The highest BCUT2D eigenvalue weighted by Gasteiger charge is 2.12. The van der Waals surface area contributed by atoms with Crippen molar-refractivity contribution in [1.29, 1.82) is 0 Å². The van der Waals surface area contributed by atoms with Crippen LogP contribution in [0, 0.1) is 0 Å². The van der Waals surface area contributed by atoms with E-state index in [1.807, 2.05) is 5.32 Å². The minimum Gasteiger partial charge on any atom is -0.451 e. The number of ether oxygens (including phenoxy) is 2. The predicted octanol–water partition coefficient (Wildman–Crippen LogP) is 0.377. The third-order valence-electron chi connectivity index (χ3n) is 1.90. The van der Waals surface area contributed by atoms with E-state index in [0.717, 1.165) is 0 Å². The van der Waals surface area contributed by atoms with Gasteiger partial charge in [0, 0.05) is 13.7 Å². The number of carbonyl (C=O) groups excluding carboxylic acids is 3. The lowest BCUT2D eigenvalue weighted by atomic mass is 10.5. The van der Waals surface area contributed by atoms with E-state index in [1.54, 1.807) is 17.5 Å². The molecule has 0 saturated heterocycles. The number of hydrogen-bond acceptors (Lipinski definition) is 6. The molecule has 0 aliphatic carbocycles. The van der Waals surface area contributed by atoms with Gasteiger partial charge in [0.25, 0.3) is 5.91 Å². The molecule has 0 spiro atoms. The number of methoxy groups -OCH3 is 1. The summed E-state index contributed by atoms with van der Waals surface area (Å²) in [5.74, 6) is -1.29. The summed E-state index contributed by atoms with van der Waals surface area (Å²) in [5, 5.41) is 6.14. The number of imide groups is 1. The van der Waals surface area contributed by atoms with Crippen LogP contribution in [-0.2, 0) is 14.3 Å². The topological polar surface area (TPSA) is 93.7 Å². The van der Waals surface area contributed by atoms with Crippen molar-refractivity contribution < 1.29 is 23.9 Å². The maximum Gasteiger partial charge on any atom is 0.348 e. The van der Waals surface area contributed by atoms with Crippen molar-refractivity contribution in [3.8, 4) is 0 Å². The summed E-state index contributed by atoms with van der Waals surface area (Å²) >= 11 is 1.21. The summed E-state index contributed by atoms with van der Waals surface area (Å²) in [6, 6.07) is 2.63. The van der Waals surface area contributed by atoms with Gasteiger partial charge < -0.3 is 14.8 Å². The van der Waals surface area contributed by atoms with E-state index in [0.29, 0.717) is 11.5 Å². The van der Waals surface area contributed by atoms with E-state index < -0.39 is 24.5 Å². The van der Waals surface area contributed by atoms with Gasteiger partial charge >= 0.3 is 12.0 Å². The van der Waals surface area contributed by atoms with Gasteiger partial charge in [0.1, 0.15) is 4.88 Å². The van der Waals surface area contributed by atoms with E-state index in [-0.39, 0.29) is 6.54 Å². The zero-order valence-electron chi connectivity index (χ0n) is 10.3. The average molecular weight is 286 g/mol. The van der Waals surface area contributed by atoms with Gasteiger partial charge in [-0.05, 0) is 11.4 Å². The Morgan fingerprint density at radius 3 is 2.79 bits per heavy atom. The number of amides is 3. The van der Waals surface area contributed by atoms with Crippen molar-refractivity contribution in [3.63, 3.8) is 0 Å². The number of hydrogen-bond donors (Lipinski definition) is 2. The summed E-state index contributed by atoms with van der Waals surface area (Å²) in [6.45, 7) is 0.119. The van der Waals surface area contributed by atoms with Crippen molar-refractivity contribution in [2.75, 3.05) is 26.9 Å². The van der Waals surface area contributed by atoms with Gasteiger partial charge in [-0.15, -0.1) is 11.3 Å². The number of esters is 1. The Morgan fingerprint density at radius 2 is 2.16 bits per heavy atom. The zero-order valence-corrected chi connectivity index (χ0v) is 11.1. The van der Waals surface area contributed by atoms with E-state index in [9.17, 15) is 14.4 Å². The molecule has 0 aromatic carbocycles. The summed E-state index contributed by atoms with van der Waals surface area (Å²) < 4.78 is 9.45. The van der Waals surface area contributed by atoms with Gasteiger partial charge in [0.2, 0.25) is 0 Å². The molecular weight excluding hydrogens is 272 g/mol. The van der Waals surface area contributed by atoms with Gasteiger partial charge in [0.05, 0.1) is 6.61 Å². The quantitative estimate of drug-likeness (QED) is 0.582. The monoisotopic (exact) mass is 286 g/mol. The SMILES string of the molecule is COCCNC(=O)NC(=O)COC(=O)c1cccs1. The Balaban J connectivity index is 2.20. The first-order valence-electron chi connectivity index (χ1n) is 5.40. The Morgan fingerprint density at radius 1 is 1.37 bits per heavy atom. The fraction of sp³-hybridized carbons (Fsp3) is 0.364. The Hall–Kier alpha value is -1.93. The smallest absolute Gasteiger partial charge is 0.348 e. The molecule has 104 valence electrons. The lowest BCUT2D eigenvalue weighted by Gasteiger charge is -2.06. The first-order valence-corrected chi connectivity index (χ1v) is 6.28. The molecule has 1 aromatic heterocycles. The second kappa shape index (κ2) is 8.22. The van der Waals surface area contributed by atoms with E-state index in [4.69, 9.17) is 9.47 Å². The predicted molar refractivity (Wildman–Crippen MR) is 68.0 cm³/mol. The van der Waals surface area contributed by atoms with Gasteiger partial charge in [0.15, 0.2) is 6.61 Å². The number of carbonyl (C=O) groups is 3. The summed E-state index contributed by atoms with van der Waals surface area (Å²) in [5.41, 5.74) is 0. The standard InChI is InChI=1S/C11H14N2O5S/c1-17-5-4-12-11(16)13-9(14)7-18-10(15)8-3-2-6-19-8/h2-3,6H,4-5,7H2,1H3,(H2,12,13,14,16). The number of rotatable bonds is 6. The summed E-state index contributed by atoms with van der Waals surface area (Å²) in [4.78, 5) is 34.2. The van der Waals surface area contributed by atoms with Gasteiger partial charge in [-0.3, -0.25) is 10.1 Å². The largest absolute Gasteiger partial charge is 0.451 e. The van der Waals surface area contributed by atoms with Crippen molar-refractivity contribution in [1.82, 2.24) is 10.6 Å². The summed E-state index contributed by atoms with van der Waals surface area (Å²) in [7, 11) is 1.49. The number of urea groups is 1. The normalized spacial score (nSPS) is 9.74. The van der Waals surface area contributed by atoms with Crippen LogP contribution >= 0.6 is 11.3 Å². The Labute approximate surface area is 113 Å². The van der Waals surface area contributed by atoms with Crippen molar-refractivity contribution >= 4 is 29.2 Å². The molecule has 0 aliphatic rings. The lowest BCUT2D eigenvalue weighted by Crippen LogP contribution is -2.42. The van der Waals surface area contributed by atoms with Crippen LogP contribution in [0.3, 0.4) is 0 Å². The molecule has 2 N–H and O–H groups in total. The molecule has 1 aromatic rings.